The lowest BCUT2D eigenvalue weighted by Crippen LogP contribution is -2.41. The molecule has 0 unspecified atom stereocenters. The molecular formula is C13H20BNO3. The van der Waals surface area contributed by atoms with Gasteiger partial charge in [-0.2, -0.15) is 0 Å². The highest BCUT2D eigenvalue weighted by Gasteiger charge is 2.52. The van der Waals surface area contributed by atoms with Crippen LogP contribution < -0.4 is 10.8 Å². The van der Waals surface area contributed by atoms with E-state index in [0.717, 1.165) is 5.69 Å². The van der Waals surface area contributed by atoms with Gasteiger partial charge < -0.3 is 19.7 Å². The zero-order valence-electron chi connectivity index (χ0n) is 11.6. The van der Waals surface area contributed by atoms with E-state index in [1.54, 1.807) is 6.07 Å². The Morgan fingerprint density at radius 2 is 1.67 bits per heavy atom. The molecule has 1 aromatic rings. The third-order valence-electron chi connectivity index (χ3n) is 3.83. The van der Waals surface area contributed by atoms with E-state index in [0.29, 0.717) is 5.46 Å². The quantitative estimate of drug-likeness (QED) is 0.784. The maximum Gasteiger partial charge on any atom is 0.498 e. The average Bonchev–Trinajstić information content (AvgIpc) is 2.47. The van der Waals surface area contributed by atoms with E-state index in [-0.39, 0.29) is 5.75 Å². The lowest BCUT2D eigenvalue weighted by molar-refractivity contribution is 0.00578. The van der Waals surface area contributed by atoms with E-state index in [4.69, 9.17) is 9.31 Å². The van der Waals surface area contributed by atoms with Crippen LogP contribution in [0.5, 0.6) is 5.75 Å². The molecule has 0 bridgehead atoms. The first-order valence-electron chi connectivity index (χ1n) is 6.13. The molecule has 2 N–H and O–H groups in total. The van der Waals surface area contributed by atoms with E-state index < -0.39 is 18.3 Å². The fourth-order valence-electron chi connectivity index (χ4n) is 1.87. The van der Waals surface area contributed by atoms with Gasteiger partial charge in [-0.15, -0.1) is 0 Å². The van der Waals surface area contributed by atoms with Crippen molar-refractivity contribution in [1.82, 2.24) is 0 Å². The summed E-state index contributed by atoms with van der Waals surface area (Å²) in [5.41, 5.74) is 0.720. The van der Waals surface area contributed by atoms with Crippen LogP contribution in [0.4, 0.5) is 5.69 Å². The molecule has 0 radical (unpaired) electrons. The summed E-state index contributed by atoms with van der Waals surface area (Å²) in [7, 11) is 1.28. The molecule has 98 valence electrons. The SMILES string of the molecule is CNc1ccc(B2OC(C)(C)C(C)(C)O2)c(O)c1. The number of nitrogens with one attached hydrogen (secondary N) is 1. The van der Waals surface area contributed by atoms with E-state index in [9.17, 15) is 5.11 Å². The standard InChI is InChI=1S/C13H20BNO3/c1-12(2)13(3,4)18-14(17-12)10-7-6-9(15-5)8-11(10)16/h6-8,15-16H,1-5H3. The Bertz CT molecular complexity index is 444. The molecule has 1 aliphatic heterocycles. The predicted octanol–water partition coefficient (Wildman–Crippen LogP) is 1.73. The first kappa shape index (κ1) is 13.2. The number of phenols is 1. The zero-order chi connectivity index (χ0) is 13.6. The highest BCUT2D eigenvalue weighted by molar-refractivity contribution is 6.63. The Morgan fingerprint density at radius 1 is 1.11 bits per heavy atom. The van der Waals surface area contributed by atoms with Gasteiger partial charge in [0, 0.05) is 24.3 Å². The van der Waals surface area contributed by atoms with Crippen LogP contribution in [0.3, 0.4) is 0 Å². The molecule has 5 heteroatoms. The number of hydrogen-bond acceptors (Lipinski definition) is 4. The number of aromatic hydroxyl groups is 1. The Hall–Kier alpha value is -1.20. The smallest absolute Gasteiger partial charge is 0.498 e. The summed E-state index contributed by atoms with van der Waals surface area (Å²) in [5, 5.41) is 13.0. The van der Waals surface area contributed by atoms with Crippen LogP contribution in [0.25, 0.3) is 0 Å². The number of hydrogen-bond donors (Lipinski definition) is 2. The van der Waals surface area contributed by atoms with Crippen LogP contribution in [-0.2, 0) is 9.31 Å². The molecule has 18 heavy (non-hydrogen) atoms. The van der Waals surface area contributed by atoms with Crippen molar-refractivity contribution in [3.05, 3.63) is 18.2 Å². The summed E-state index contributed by atoms with van der Waals surface area (Å²) in [4.78, 5) is 0. The lowest BCUT2D eigenvalue weighted by atomic mass is 9.78. The summed E-state index contributed by atoms with van der Waals surface area (Å²) in [5.74, 6) is 0.181. The molecule has 1 heterocycles. The highest BCUT2D eigenvalue weighted by Crippen LogP contribution is 2.37. The average molecular weight is 249 g/mol. The van der Waals surface area contributed by atoms with Gasteiger partial charge in [-0.1, -0.05) is 6.07 Å². The van der Waals surface area contributed by atoms with Gasteiger partial charge >= 0.3 is 7.12 Å². The largest absolute Gasteiger partial charge is 0.508 e. The van der Waals surface area contributed by atoms with Crippen LogP contribution >= 0.6 is 0 Å². The van der Waals surface area contributed by atoms with Gasteiger partial charge in [0.2, 0.25) is 0 Å². The third-order valence-corrected chi connectivity index (χ3v) is 3.83. The lowest BCUT2D eigenvalue weighted by Gasteiger charge is -2.32. The van der Waals surface area contributed by atoms with E-state index in [2.05, 4.69) is 5.32 Å². The molecule has 2 rings (SSSR count). The molecule has 1 aromatic carbocycles. The maximum absolute atomic E-state index is 10.0. The Balaban J connectivity index is 2.30. The second-order valence-electron chi connectivity index (χ2n) is 5.61. The van der Waals surface area contributed by atoms with Crippen LogP contribution in [-0.4, -0.2) is 30.5 Å². The van der Waals surface area contributed by atoms with Gasteiger partial charge in [-0.3, -0.25) is 0 Å². The predicted molar refractivity (Wildman–Crippen MR) is 73.4 cm³/mol. The minimum absolute atomic E-state index is 0.181. The van der Waals surface area contributed by atoms with Crippen molar-refractivity contribution in [2.24, 2.45) is 0 Å². The second-order valence-corrected chi connectivity index (χ2v) is 5.61. The highest BCUT2D eigenvalue weighted by atomic mass is 16.7. The molecular weight excluding hydrogens is 229 g/mol. The Labute approximate surface area is 108 Å². The van der Waals surface area contributed by atoms with Crippen LogP contribution in [0.1, 0.15) is 27.7 Å². The third kappa shape index (κ3) is 2.08. The second kappa shape index (κ2) is 4.18. The van der Waals surface area contributed by atoms with E-state index in [1.165, 1.54) is 0 Å². The van der Waals surface area contributed by atoms with Crippen molar-refractivity contribution in [3.63, 3.8) is 0 Å². The Morgan fingerprint density at radius 3 is 2.11 bits per heavy atom. The number of rotatable bonds is 2. The van der Waals surface area contributed by atoms with Gasteiger partial charge in [-0.25, -0.2) is 0 Å². The van der Waals surface area contributed by atoms with Gasteiger partial charge in [0.15, 0.2) is 0 Å². The van der Waals surface area contributed by atoms with Gasteiger partial charge in [-0.05, 0) is 33.8 Å². The zero-order valence-corrected chi connectivity index (χ0v) is 11.6. The van der Waals surface area contributed by atoms with Gasteiger partial charge in [0.25, 0.3) is 0 Å². The molecule has 4 nitrogen and oxygen atoms in total. The molecule has 0 aromatic heterocycles. The van der Waals surface area contributed by atoms with Gasteiger partial charge in [0.1, 0.15) is 5.75 Å². The molecule has 0 spiro atoms. The summed E-state index contributed by atoms with van der Waals surface area (Å²) < 4.78 is 11.8. The van der Waals surface area contributed by atoms with Crippen LogP contribution in [0.15, 0.2) is 18.2 Å². The minimum atomic E-state index is -0.527. The molecule has 1 saturated heterocycles. The van der Waals surface area contributed by atoms with Crippen molar-refractivity contribution in [2.45, 2.75) is 38.9 Å². The molecule has 0 amide bonds. The molecule has 0 atom stereocenters. The topological polar surface area (TPSA) is 50.7 Å². The molecule has 0 aliphatic carbocycles. The van der Waals surface area contributed by atoms with Crippen molar-refractivity contribution in [1.29, 1.82) is 0 Å². The first-order valence-corrected chi connectivity index (χ1v) is 6.13. The van der Waals surface area contributed by atoms with Crippen molar-refractivity contribution >= 4 is 18.3 Å². The number of benzene rings is 1. The van der Waals surface area contributed by atoms with Gasteiger partial charge in [0.05, 0.1) is 11.2 Å². The Kier molecular flexibility index (Phi) is 3.07. The monoisotopic (exact) mass is 249 g/mol. The molecule has 0 saturated carbocycles. The summed E-state index contributed by atoms with van der Waals surface area (Å²) in [6, 6.07) is 5.38. The van der Waals surface area contributed by atoms with E-state index in [1.807, 2.05) is 46.9 Å². The molecule has 1 fully saturated rings. The fraction of sp³-hybridized carbons (Fsp3) is 0.538. The normalized spacial score (nSPS) is 21.1. The van der Waals surface area contributed by atoms with Crippen molar-refractivity contribution in [3.8, 4) is 5.75 Å². The first-order chi connectivity index (χ1) is 8.27. The summed E-state index contributed by atoms with van der Waals surface area (Å²) in [6.45, 7) is 7.97. The van der Waals surface area contributed by atoms with E-state index >= 15 is 0 Å². The molecule has 1 aliphatic rings. The summed E-state index contributed by atoms with van der Waals surface area (Å²) in [6.07, 6.45) is 0. The fourth-order valence-corrected chi connectivity index (χ4v) is 1.87. The number of phenolic OH excluding ortho intramolecular Hbond substituents is 1. The summed E-state index contributed by atoms with van der Waals surface area (Å²) >= 11 is 0. The minimum Gasteiger partial charge on any atom is -0.508 e. The van der Waals surface area contributed by atoms with Crippen molar-refractivity contribution < 1.29 is 14.4 Å². The van der Waals surface area contributed by atoms with Crippen LogP contribution in [0.2, 0.25) is 0 Å². The van der Waals surface area contributed by atoms with Crippen molar-refractivity contribution in [2.75, 3.05) is 12.4 Å². The maximum atomic E-state index is 10.0. The number of anilines is 1. The van der Waals surface area contributed by atoms with Crippen LogP contribution in [0, 0.1) is 0 Å².